The summed E-state index contributed by atoms with van der Waals surface area (Å²) in [5, 5.41) is 12.6. The zero-order chi connectivity index (χ0) is 15.9. The molecule has 0 saturated heterocycles. The maximum Gasteiger partial charge on any atom is 0.220 e. The molecule has 0 saturated carbocycles. The van der Waals surface area contributed by atoms with Gasteiger partial charge in [-0.15, -0.1) is 0 Å². The monoisotopic (exact) mass is 302 g/mol. The second kappa shape index (κ2) is 7.66. The third-order valence-electron chi connectivity index (χ3n) is 3.60. The number of amides is 1. The molecule has 5 heteroatoms. The maximum absolute atomic E-state index is 12.0. The van der Waals surface area contributed by atoms with Gasteiger partial charge >= 0.3 is 0 Å². The Bertz CT molecular complexity index is 594. The number of rotatable bonds is 7. The minimum Gasteiger partial charge on any atom is -0.508 e. The van der Waals surface area contributed by atoms with E-state index in [1.165, 1.54) is 0 Å². The molecule has 22 heavy (non-hydrogen) atoms. The summed E-state index contributed by atoms with van der Waals surface area (Å²) in [5.74, 6) is 1.02. The van der Waals surface area contributed by atoms with Gasteiger partial charge in [-0.25, -0.2) is 0 Å². The predicted molar refractivity (Wildman–Crippen MR) is 84.6 cm³/mol. The zero-order valence-electron chi connectivity index (χ0n) is 13.0. The summed E-state index contributed by atoms with van der Waals surface area (Å²) in [6, 6.07) is 10.8. The van der Waals surface area contributed by atoms with Gasteiger partial charge in [-0.1, -0.05) is 18.2 Å². The van der Waals surface area contributed by atoms with Crippen LogP contribution in [0, 0.1) is 0 Å². The van der Waals surface area contributed by atoms with Crippen molar-refractivity contribution in [2.24, 2.45) is 0 Å². The number of hydrogen-bond donors (Lipinski definition) is 2. The Labute approximate surface area is 130 Å². The molecule has 0 spiro atoms. The molecule has 2 rings (SSSR count). The van der Waals surface area contributed by atoms with Crippen LogP contribution in [0.4, 0.5) is 0 Å². The molecule has 2 N–H and O–H groups in total. The summed E-state index contributed by atoms with van der Waals surface area (Å²) < 4.78 is 5.41. The van der Waals surface area contributed by atoms with Gasteiger partial charge in [-0.3, -0.25) is 9.69 Å². The van der Waals surface area contributed by atoms with Gasteiger partial charge in [0.05, 0.1) is 12.3 Å². The standard InChI is InChI=1S/C17H22N2O3/c1-19(2)14(16-8-5-11-22-16)12-18-17(21)10-9-13-6-3-4-7-15(13)20/h3-8,11,14,20H,9-10,12H2,1-2H3,(H,18,21). The number of nitrogens with zero attached hydrogens (tertiary/aromatic N) is 1. The lowest BCUT2D eigenvalue weighted by Gasteiger charge is -2.22. The molecule has 1 unspecified atom stereocenters. The minimum absolute atomic E-state index is 0.00378. The van der Waals surface area contributed by atoms with Gasteiger partial charge < -0.3 is 14.8 Å². The number of phenols is 1. The number of nitrogens with one attached hydrogen (secondary N) is 1. The van der Waals surface area contributed by atoms with Crippen LogP contribution in [0.5, 0.6) is 5.75 Å². The van der Waals surface area contributed by atoms with Gasteiger partial charge in [0.2, 0.25) is 5.91 Å². The third kappa shape index (κ3) is 4.36. The summed E-state index contributed by atoms with van der Waals surface area (Å²) in [4.78, 5) is 14.0. The molecular weight excluding hydrogens is 280 g/mol. The Morgan fingerprint density at radius 1 is 1.27 bits per heavy atom. The Balaban J connectivity index is 1.83. The number of carbonyl (C=O) groups is 1. The number of aryl methyl sites for hydroxylation is 1. The van der Waals surface area contributed by atoms with Gasteiger partial charge in [-0.2, -0.15) is 0 Å². The summed E-state index contributed by atoms with van der Waals surface area (Å²) in [5.41, 5.74) is 0.785. The van der Waals surface area contributed by atoms with Crippen LogP contribution < -0.4 is 5.32 Å². The Hall–Kier alpha value is -2.27. The first-order valence-corrected chi connectivity index (χ1v) is 7.31. The Morgan fingerprint density at radius 2 is 2.05 bits per heavy atom. The molecule has 1 atom stereocenters. The van der Waals surface area contributed by atoms with Crippen molar-refractivity contribution in [3.63, 3.8) is 0 Å². The first-order valence-electron chi connectivity index (χ1n) is 7.31. The number of hydrogen-bond acceptors (Lipinski definition) is 4. The molecule has 1 amide bonds. The number of likely N-dealkylation sites (N-methyl/N-ethyl adjacent to an activating group) is 1. The second-order valence-corrected chi connectivity index (χ2v) is 5.43. The highest BCUT2D eigenvalue weighted by molar-refractivity contribution is 5.76. The number of furan rings is 1. The second-order valence-electron chi connectivity index (χ2n) is 5.43. The lowest BCUT2D eigenvalue weighted by atomic mass is 10.1. The smallest absolute Gasteiger partial charge is 0.220 e. The van der Waals surface area contributed by atoms with Crippen LogP contribution in [0.1, 0.15) is 23.8 Å². The Morgan fingerprint density at radius 3 is 2.68 bits per heavy atom. The van der Waals surface area contributed by atoms with E-state index < -0.39 is 0 Å². The highest BCUT2D eigenvalue weighted by Gasteiger charge is 2.17. The molecule has 0 aliphatic heterocycles. The molecule has 0 aliphatic carbocycles. The van der Waals surface area contributed by atoms with E-state index in [0.717, 1.165) is 11.3 Å². The van der Waals surface area contributed by atoms with E-state index in [2.05, 4.69) is 5.32 Å². The van der Waals surface area contributed by atoms with Crippen LogP contribution in [0.25, 0.3) is 0 Å². The first-order chi connectivity index (χ1) is 10.6. The van der Waals surface area contributed by atoms with Gasteiger partial charge in [0.1, 0.15) is 11.5 Å². The number of aromatic hydroxyl groups is 1. The van der Waals surface area contributed by atoms with Crippen LogP contribution in [0.15, 0.2) is 47.1 Å². The average molecular weight is 302 g/mol. The van der Waals surface area contributed by atoms with E-state index in [9.17, 15) is 9.90 Å². The maximum atomic E-state index is 12.0. The van der Waals surface area contributed by atoms with Crippen molar-refractivity contribution in [2.75, 3.05) is 20.6 Å². The van der Waals surface area contributed by atoms with Crippen molar-refractivity contribution in [3.05, 3.63) is 54.0 Å². The van der Waals surface area contributed by atoms with Crippen molar-refractivity contribution >= 4 is 5.91 Å². The van der Waals surface area contributed by atoms with Crippen molar-refractivity contribution in [3.8, 4) is 5.75 Å². The van der Waals surface area contributed by atoms with Crippen LogP contribution in [0.2, 0.25) is 0 Å². The van der Waals surface area contributed by atoms with E-state index in [1.54, 1.807) is 18.4 Å². The van der Waals surface area contributed by atoms with Crippen molar-refractivity contribution in [2.45, 2.75) is 18.9 Å². The molecule has 1 aromatic carbocycles. The lowest BCUT2D eigenvalue weighted by Crippen LogP contribution is -2.34. The predicted octanol–water partition coefficient (Wildman–Crippen LogP) is 2.34. The van der Waals surface area contributed by atoms with E-state index in [4.69, 9.17) is 4.42 Å². The number of para-hydroxylation sites is 1. The van der Waals surface area contributed by atoms with Crippen molar-refractivity contribution in [1.29, 1.82) is 0 Å². The topological polar surface area (TPSA) is 65.7 Å². The number of phenolic OH excluding ortho intramolecular Hbond substituents is 1. The summed E-state index contributed by atoms with van der Waals surface area (Å²) in [7, 11) is 3.89. The van der Waals surface area contributed by atoms with Crippen LogP contribution in [-0.4, -0.2) is 36.6 Å². The number of carbonyl (C=O) groups excluding carboxylic acids is 1. The van der Waals surface area contributed by atoms with Crippen molar-refractivity contribution < 1.29 is 14.3 Å². The highest BCUT2D eigenvalue weighted by atomic mass is 16.3. The quantitative estimate of drug-likeness (QED) is 0.824. The molecule has 0 aliphatic rings. The van der Waals surface area contributed by atoms with Crippen LogP contribution in [0.3, 0.4) is 0 Å². The molecule has 0 radical (unpaired) electrons. The Kier molecular flexibility index (Phi) is 5.61. The molecule has 118 valence electrons. The fourth-order valence-corrected chi connectivity index (χ4v) is 2.29. The molecule has 1 aromatic heterocycles. The van der Waals surface area contributed by atoms with Gasteiger partial charge in [-0.05, 0) is 44.3 Å². The largest absolute Gasteiger partial charge is 0.508 e. The lowest BCUT2D eigenvalue weighted by molar-refractivity contribution is -0.121. The van der Waals surface area contributed by atoms with Gasteiger partial charge in [0, 0.05) is 13.0 Å². The van der Waals surface area contributed by atoms with E-state index >= 15 is 0 Å². The van der Waals surface area contributed by atoms with E-state index in [-0.39, 0.29) is 17.7 Å². The zero-order valence-corrected chi connectivity index (χ0v) is 13.0. The van der Waals surface area contributed by atoms with Crippen LogP contribution in [-0.2, 0) is 11.2 Å². The fourth-order valence-electron chi connectivity index (χ4n) is 2.29. The first kappa shape index (κ1) is 16.1. The van der Waals surface area contributed by atoms with E-state index in [0.29, 0.717) is 19.4 Å². The fraction of sp³-hybridized carbons (Fsp3) is 0.353. The summed E-state index contributed by atoms with van der Waals surface area (Å²) in [6.45, 7) is 0.486. The van der Waals surface area contributed by atoms with E-state index in [1.807, 2.05) is 43.3 Å². The van der Waals surface area contributed by atoms with Gasteiger partial charge in [0.25, 0.3) is 0 Å². The molecule has 0 bridgehead atoms. The summed E-state index contributed by atoms with van der Waals surface area (Å²) in [6.07, 6.45) is 2.49. The summed E-state index contributed by atoms with van der Waals surface area (Å²) >= 11 is 0. The number of benzene rings is 1. The minimum atomic E-state index is -0.0401. The van der Waals surface area contributed by atoms with Gasteiger partial charge in [0.15, 0.2) is 0 Å². The normalized spacial score (nSPS) is 12.3. The molecule has 5 nitrogen and oxygen atoms in total. The molecule has 1 heterocycles. The highest BCUT2D eigenvalue weighted by Crippen LogP contribution is 2.19. The third-order valence-corrected chi connectivity index (χ3v) is 3.60. The molecule has 0 fully saturated rings. The molecular formula is C17H22N2O3. The molecule has 2 aromatic rings. The SMILES string of the molecule is CN(C)C(CNC(=O)CCc1ccccc1O)c1ccco1. The average Bonchev–Trinajstić information content (AvgIpc) is 3.00. The van der Waals surface area contributed by atoms with Crippen LogP contribution >= 0.6 is 0 Å². The van der Waals surface area contributed by atoms with Crippen molar-refractivity contribution in [1.82, 2.24) is 10.2 Å².